The molecule has 3 amide bonds. The number of likely N-dealkylation sites (tertiary alicyclic amines) is 1. The van der Waals surface area contributed by atoms with Crippen LogP contribution in [0.5, 0.6) is 0 Å². The van der Waals surface area contributed by atoms with Gasteiger partial charge in [0.05, 0.1) is 18.2 Å². The quantitative estimate of drug-likeness (QED) is 0.874. The molecule has 2 aliphatic heterocycles. The van der Waals surface area contributed by atoms with E-state index >= 15 is 0 Å². The van der Waals surface area contributed by atoms with Crippen LogP contribution in [0.15, 0.2) is 24.3 Å². The SMILES string of the molecule is CC(=O)NCC(=O)N1CC[C@@]2(CC(=O)N(c3ccc(C#N)cc3)C2)C1. The summed E-state index contributed by atoms with van der Waals surface area (Å²) in [5.74, 6) is -0.303. The van der Waals surface area contributed by atoms with Gasteiger partial charge in [-0.1, -0.05) is 0 Å². The smallest absolute Gasteiger partial charge is 0.241 e. The second-order valence-electron chi connectivity index (χ2n) is 6.79. The number of anilines is 1. The van der Waals surface area contributed by atoms with Crippen LogP contribution in [0.4, 0.5) is 5.69 Å². The average molecular weight is 340 g/mol. The molecule has 3 rings (SSSR count). The summed E-state index contributed by atoms with van der Waals surface area (Å²) in [6.45, 7) is 3.08. The van der Waals surface area contributed by atoms with Gasteiger partial charge in [0.15, 0.2) is 0 Å². The number of carbonyl (C=O) groups excluding carboxylic acids is 3. The molecule has 0 aromatic heterocycles. The van der Waals surface area contributed by atoms with E-state index in [0.29, 0.717) is 31.6 Å². The highest BCUT2D eigenvalue weighted by Gasteiger charge is 2.48. The van der Waals surface area contributed by atoms with E-state index in [1.54, 1.807) is 34.1 Å². The largest absolute Gasteiger partial charge is 0.347 e. The Hall–Kier alpha value is -2.88. The molecule has 7 nitrogen and oxygen atoms in total. The first-order chi connectivity index (χ1) is 11.9. The van der Waals surface area contributed by atoms with Crippen molar-refractivity contribution in [3.8, 4) is 6.07 Å². The molecule has 1 aromatic carbocycles. The molecule has 130 valence electrons. The van der Waals surface area contributed by atoms with Gasteiger partial charge in [0, 0.05) is 44.1 Å². The minimum absolute atomic E-state index is 0.00129. The highest BCUT2D eigenvalue weighted by Crippen LogP contribution is 2.41. The lowest BCUT2D eigenvalue weighted by Gasteiger charge is -2.24. The van der Waals surface area contributed by atoms with Crippen molar-refractivity contribution in [3.05, 3.63) is 29.8 Å². The molecule has 1 aromatic rings. The molecule has 0 radical (unpaired) electrons. The van der Waals surface area contributed by atoms with Crippen molar-refractivity contribution < 1.29 is 14.4 Å². The maximum absolute atomic E-state index is 12.5. The number of hydrogen-bond acceptors (Lipinski definition) is 4. The number of nitriles is 1. The van der Waals surface area contributed by atoms with E-state index in [9.17, 15) is 14.4 Å². The lowest BCUT2D eigenvalue weighted by molar-refractivity contribution is -0.132. The predicted octanol–water partition coefficient (Wildman–Crippen LogP) is 0.650. The first-order valence-electron chi connectivity index (χ1n) is 8.25. The van der Waals surface area contributed by atoms with E-state index in [1.807, 2.05) is 0 Å². The van der Waals surface area contributed by atoms with Crippen LogP contribution in [-0.2, 0) is 14.4 Å². The lowest BCUT2D eigenvalue weighted by atomic mass is 9.86. The van der Waals surface area contributed by atoms with Crippen molar-refractivity contribution in [2.75, 3.05) is 31.1 Å². The summed E-state index contributed by atoms with van der Waals surface area (Å²) in [5, 5.41) is 11.4. The molecule has 25 heavy (non-hydrogen) atoms. The number of rotatable bonds is 3. The number of carbonyl (C=O) groups is 3. The van der Waals surface area contributed by atoms with Gasteiger partial charge in [-0.2, -0.15) is 5.26 Å². The summed E-state index contributed by atoms with van der Waals surface area (Å²) in [6, 6.07) is 9.03. The van der Waals surface area contributed by atoms with Gasteiger partial charge in [-0.05, 0) is 30.7 Å². The topological polar surface area (TPSA) is 93.5 Å². The third-order valence-electron chi connectivity index (χ3n) is 4.91. The number of amides is 3. The molecular formula is C18H20N4O3. The molecule has 2 saturated heterocycles. The van der Waals surface area contributed by atoms with Gasteiger partial charge in [0.1, 0.15) is 0 Å². The molecule has 0 saturated carbocycles. The third-order valence-corrected chi connectivity index (χ3v) is 4.91. The maximum Gasteiger partial charge on any atom is 0.241 e. The highest BCUT2D eigenvalue weighted by atomic mass is 16.2. The monoisotopic (exact) mass is 340 g/mol. The normalized spacial score (nSPS) is 22.3. The van der Waals surface area contributed by atoms with E-state index in [-0.39, 0.29) is 29.7 Å². The molecule has 1 spiro atoms. The minimum atomic E-state index is -0.231. The molecule has 2 aliphatic rings. The van der Waals surface area contributed by atoms with E-state index in [4.69, 9.17) is 5.26 Å². The Morgan fingerprint density at radius 2 is 2.00 bits per heavy atom. The molecule has 0 unspecified atom stereocenters. The summed E-state index contributed by atoms with van der Waals surface area (Å²) in [4.78, 5) is 39.1. The zero-order valence-corrected chi connectivity index (χ0v) is 14.1. The summed E-state index contributed by atoms with van der Waals surface area (Å²) in [7, 11) is 0. The highest BCUT2D eigenvalue weighted by molar-refractivity contribution is 5.96. The second kappa shape index (κ2) is 6.55. The molecule has 0 aliphatic carbocycles. The van der Waals surface area contributed by atoms with Gasteiger partial charge < -0.3 is 15.1 Å². The van der Waals surface area contributed by atoms with Crippen LogP contribution < -0.4 is 10.2 Å². The van der Waals surface area contributed by atoms with Gasteiger partial charge in [0.2, 0.25) is 17.7 Å². The lowest BCUT2D eigenvalue weighted by Crippen LogP contribution is -2.40. The van der Waals surface area contributed by atoms with Crippen molar-refractivity contribution >= 4 is 23.4 Å². The molecular weight excluding hydrogens is 320 g/mol. The Bertz CT molecular complexity index is 753. The third kappa shape index (κ3) is 3.48. The van der Waals surface area contributed by atoms with Crippen LogP contribution in [0.3, 0.4) is 0 Å². The van der Waals surface area contributed by atoms with Crippen LogP contribution >= 0.6 is 0 Å². The second-order valence-corrected chi connectivity index (χ2v) is 6.79. The number of nitrogens with one attached hydrogen (secondary N) is 1. The molecule has 2 fully saturated rings. The van der Waals surface area contributed by atoms with Crippen molar-refractivity contribution in [2.45, 2.75) is 19.8 Å². The summed E-state index contributed by atoms with van der Waals surface area (Å²) < 4.78 is 0. The average Bonchev–Trinajstić information content (AvgIpc) is 3.16. The fraction of sp³-hybridized carbons (Fsp3) is 0.444. The van der Waals surface area contributed by atoms with Crippen LogP contribution in [0, 0.1) is 16.7 Å². The standard InChI is InChI=1S/C18H20N4O3/c1-13(23)20-10-17(25)21-7-6-18(11-21)8-16(24)22(12-18)15-4-2-14(9-19)3-5-15/h2-5H,6-8,10-12H2,1H3,(H,20,23)/t18-/m1/s1. The van der Waals surface area contributed by atoms with E-state index < -0.39 is 0 Å². The van der Waals surface area contributed by atoms with Gasteiger partial charge in [-0.15, -0.1) is 0 Å². The molecule has 1 N–H and O–H groups in total. The summed E-state index contributed by atoms with van der Waals surface area (Å²) in [6.07, 6.45) is 1.19. The fourth-order valence-corrected chi connectivity index (χ4v) is 3.58. The zero-order valence-electron chi connectivity index (χ0n) is 14.1. The Labute approximate surface area is 146 Å². The Kier molecular flexibility index (Phi) is 4.45. The zero-order chi connectivity index (χ0) is 18.0. The van der Waals surface area contributed by atoms with E-state index in [0.717, 1.165) is 12.1 Å². The van der Waals surface area contributed by atoms with Gasteiger partial charge in [0.25, 0.3) is 0 Å². The Morgan fingerprint density at radius 1 is 1.28 bits per heavy atom. The fourth-order valence-electron chi connectivity index (χ4n) is 3.58. The number of nitrogens with zero attached hydrogens (tertiary/aromatic N) is 3. The van der Waals surface area contributed by atoms with E-state index in [1.165, 1.54) is 6.92 Å². The first-order valence-corrected chi connectivity index (χ1v) is 8.25. The van der Waals surface area contributed by atoms with Crippen molar-refractivity contribution in [3.63, 3.8) is 0 Å². The predicted molar refractivity (Wildman–Crippen MR) is 90.4 cm³/mol. The van der Waals surface area contributed by atoms with Crippen molar-refractivity contribution in [1.29, 1.82) is 5.26 Å². The molecule has 2 heterocycles. The van der Waals surface area contributed by atoms with Crippen molar-refractivity contribution in [1.82, 2.24) is 10.2 Å². The number of hydrogen-bond donors (Lipinski definition) is 1. The minimum Gasteiger partial charge on any atom is -0.347 e. The van der Waals surface area contributed by atoms with Gasteiger partial charge >= 0.3 is 0 Å². The van der Waals surface area contributed by atoms with Crippen molar-refractivity contribution in [2.24, 2.45) is 5.41 Å². The van der Waals surface area contributed by atoms with E-state index in [2.05, 4.69) is 11.4 Å². The van der Waals surface area contributed by atoms with Crippen LogP contribution in [0.1, 0.15) is 25.3 Å². The molecule has 1 atom stereocenters. The van der Waals surface area contributed by atoms with Crippen LogP contribution in [-0.4, -0.2) is 48.8 Å². The van der Waals surface area contributed by atoms with Gasteiger partial charge in [-0.25, -0.2) is 0 Å². The summed E-state index contributed by atoms with van der Waals surface area (Å²) >= 11 is 0. The summed E-state index contributed by atoms with van der Waals surface area (Å²) in [5.41, 5.74) is 1.11. The van der Waals surface area contributed by atoms with Crippen LogP contribution in [0.25, 0.3) is 0 Å². The number of benzene rings is 1. The molecule has 7 heteroatoms. The molecule has 0 bridgehead atoms. The first kappa shape index (κ1) is 17.0. The van der Waals surface area contributed by atoms with Crippen LogP contribution in [0.2, 0.25) is 0 Å². The maximum atomic E-state index is 12.5. The Balaban J connectivity index is 1.66. The Morgan fingerprint density at radius 3 is 2.64 bits per heavy atom. The van der Waals surface area contributed by atoms with Gasteiger partial charge in [-0.3, -0.25) is 14.4 Å².